The maximum absolute atomic E-state index is 6.01. The number of ether oxygens (including phenoxy) is 1. The van der Waals surface area contributed by atoms with Gasteiger partial charge in [0.2, 0.25) is 5.95 Å². The number of unbranched alkanes of at least 4 members (excludes halogenated alkanes) is 2. The molecule has 0 atom stereocenters. The fourth-order valence-corrected chi connectivity index (χ4v) is 4.53. The van der Waals surface area contributed by atoms with E-state index in [0.717, 1.165) is 79.5 Å². The lowest BCUT2D eigenvalue weighted by Crippen LogP contribution is -2.42. The largest absolute Gasteiger partial charge is 0.496 e. The van der Waals surface area contributed by atoms with Gasteiger partial charge in [-0.25, -0.2) is 4.98 Å². The number of nitrogens with zero attached hydrogens (tertiary/aromatic N) is 4. The number of aryl methyl sites for hydroxylation is 1. The number of nitrogens with two attached hydrogens (primary N) is 1. The Morgan fingerprint density at radius 1 is 1.12 bits per heavy atom. The number of rotatable bonds is 10. The number of hydrogen-bond donors (Lipinski definition) is 3. The average Bonchev–Trinajstić information content (AvgIpc) is 3.12. The summed E-state index contributed by atoms with van der Waals surface area (Å²) in [6.45, 7) is 11.1. The van der Waals surface area contributed by atoms with Crippen LogP contribution in [0.2, 0.25) is 0 Å². The molecule has 0 amide bonds. The van der Waals surface area contributed by atoms with Crippen LogP contribution in [0.1, 0.15) is 43.0 Å². The lowest BCUT2D eigenvalue weighted by atomic mass is 10.1. The third-order valence-electron chi connectivity index (χ3n) is 6.34. The Morgan fingerprint density at radius 2 is 1.91 bits per heavy atom. The number of piperazine rings is 1. The van der Waals surface area contributed by atoms with E-state index in [1.807, 2.05) is 0 Å². The van der Waals surface area contributed by atoms with Crippen LogP contribution < -0.4 is 21.1 Å². The van der Waals surface area contributed by atoms with Crippen molar-refractivity contribution in [3.05, 3.63) is 41.1 Å². The van der Waals surface area contributed by atoms with Crippen molar-refractivity contribution in [2.24, 2.45) is 0 Å². The Hall–Kier alpha value is -2.55. The summed E-state index contributed by atoms with van der Waals surface area (Å²) in [6.07, 6.45) is 3.47. The van der Waals surface area contributed by atoms with Gasteiger partial charge < -0.3 is 25.7 Å². The molecule has 3 aromatic rings. The molecule has 3 heterocycles. The Morgan fingerprint density at radius 3 is 2.65 bits per heavy atom. The zero-order chi connectivity index (χ0) is 23.2. The molecule has 0 spiro atoms. The number of nitrogens with one attached hydrogen (secondary N) is 2. The summed E-state index contributed by atoms with van der Waals surface area (Å²) in [4.78, 5) is 11.5. The van der Waals surface area contributed by atoms with Crippen molar-refractivity contribution in [1.82, 2.24) is 24.8 Å². The molecule has 34 heavy (non-hydrogen) atoms. The molecule has 1 aliphatic rings. The average molecular weight is 488 g/mol. The highest BCUT2D eigenvalue weighted by molar-refractivity contribution is 5.88. The summed E-state index contributed by atoms with van der Waals surface area (Å²) >= 11 is 0. The van der Waals surface area contributed by atoms with E-state index < -0.39 is 0 Å². The van der Waals surface area contributed by atoms with Gasteiger partial charge in [-0.2, -0.15) is 4.98 Å². The van der Waals surface area contributed by atoms with E-state index >= 15 is 0 Å². The van der Waals surface area contributed by atoms with Crippen molar-refractivity contribution in [2.75, 3.05) is 50.9 Å². The number of aromatic nitrogens is 3. The monoisotopic (exact) mass is 487 g/mol. The summed E-state index contributed by atoms with van der Waals surface area (Å²) < 4.78 is 8.06. The highest BCUT2D eigenvalue weighted by atomic mass is 35.5. The molecule has 4 rings (SSSR count). The van der Waals surface area contributed by atoms with Crippen molar-refractivity contribution < 1.29 is 4.74 Å². The van der Waals surface area contributed by atoms with Gasteiger partial charge in [0.05, 0.1) is 19.2 Å². The molecule has 1 saturated heterocycles. The van der Waals surface area contributed by atoms with Gasteiger partial charge in [-0.3, -0.25) is 4.90 Å². The summed E-state index contributed by atoms with van der Waals surface area (Å²) in [5.74, 6) is 2.01. The maximum atomic E-state index is 6.01. The summed E-state index contributed by atoms with van der Waals surface area (Å²) in [6, 6.07) is 8.67. The summed E-state index contributed by atoms with van der Waals surface area (Å²) in [7, 11) is 1.75. The van der Waals surface area contributed by atoms with Crippen LogP contribution in [0.15, 0.2) is 24.3 Å². The number of anilines is 2. The minimum Gasteiger partial charge on any atom is -0.496 e. The Bertz CT molecular complexity index is 1080. The molecule has 4 N–H and O–H groups in total. The molecule has 1 fully saturated rings. The van der Waals surface area contributed by atoms with E-state index in [9.17, 15) is 0 Å². The van der Waals surface area contributed by atoms with E-state index in [1.54, 1.807) is 7.11 Å². The summed E-state index contributed by atoms with van der Waals surface area (Å²) in [5, 5.41) is 6.90. The van der Waals surface area contributed by atoms with Crippen LogP contribution in [0.3, 0.4) is 0 Å². The molecule has 9 heteroatoms. The van der Waals surface area contributed by atoms with Crippen LogP contribution in [-0.4, -0.2) is 59.3 Å². The van der Waals surface area contributed by atoms with Crippen molar-refractivity contribution in [1.29, 1.82) is 0 Å². The van der Waals surface area contributed by atoms with E-state index in [-0.39, 0.29) is 12.4 Å². The molecule has 0 saturated carbocycles. The normalized spacial score (nSPS) is 14.2. The third kappa shape index (κ3) is 6.11. The van der Waals surface area contributed by atoms with E-state index in [0.29, 0.717) is 12.5 Å². The minimum absolute atomic E-state index is 0. The van der Waals surface area contributed by atoms with E-state index in [1.165, 1.54) is 18.4 Å². The highest BCUT2D eigenvalue weighted by Gasteiger charge is 2.17. The van der Waals surface area contributed by atoms with Crippen LogP contribution in [-0.2, 0) is 13.1 Å². The van der Waals surface area contributed by atoms with Gasteiger partial charge in [0.1, 0.15) is 11.3 Å². The van der Waals surface area contributed by atoms with Crippen LogP contribution in [0.4, 0.5) is 11.8 Å². The van der Waals surface area contributed by atoms with E-state index in [4.69, 9.17) is 10.5 Å². The van der Waals surface area contributed by atoms with Gasteiger partial charge in [0.25, 0.3) is 0 Å². The molecule has 2 aromatic heterocycles. The quantitative estimate of drug-likeness (QED) is 0.374. The summed E-state index contributed by atoms with van der Waals surface area (Å²) in [5.41, 5.74) is 11.4. The zero-order valence-corrected chi connectivity index (χ0v) is 21.4. The van der Waals surface area contributed by atoms with Crippen molar-refractivity contribution >= 4 is 35.2 Å². The minimum atomic E-state index is 0. The fraction of sp³-hybridized carbons (Fsp3) is 0.520. The predicted octanol–water partition coefficient (Wildman–Crippen LogP) is 3.81. The number of halogens is 1. The Balaban J connectivity index is 0.00000324. The van der Waals surface area contributed by atoms with Crippen LogP contribution in [0.5, 0.6) is 5.75 Å². The van der Waals surface area contributed by atoms with Gasteiger partial charge in [0.15, 0.2) is 5.82 Å². The second kappa shape index (κ2) is 12.2. The van der Waals surface area contributed by atoms with Crippen LogP contribution in [0, 0.1) is 6.92 Å². The molecular weight excluding hydrogens is 450 g/mol. The number of benzene rings is 1. The zero-order valence-electron chi connectivity index (χ0n) is 20.6. The number of methoxy groups -OCH3 is 1. The molecule has 0 bridgehead atoms. The Kier molecular flexibility index (Phi) is 9.38. The van der Waals surface area contributed by atoms with Crippen LogP contribution in [0.25, 0.3) is 11.0 Å². The number of nitrogen functional groups attached to an aromatic ring is 1. The van der Waals surface area contributed by atoms with Crippen LogP contribution >= 0.6 is 12.4 Å². The third-order valence-corrected chi connectivity index (χ3v) is 6.34. The van der Waals surface area contributed by atoms with Gasteiger partial charge in [-0.1, -0.05) is 31.9 Å². The molecule has 186 valence electrons. The second-order valence-electron chi connectivity index (χ2n) is 8.84. The maximum Gasteiger partial charge on any atom is 0.222 e. The number of fused-ring (bicyclic) bond motifs is 1. The lowest BCUT2D eigenvalue weighted by Gasteiger charge is -2.27. The first-order valence-electron chi connectivity index (χ1n) is 12.0. The molecular formula is C25H38ClN7O. The molecule has 0 radical (unpaired) electrons. The molecule has 1 aliphatic heterocycles. The topological polar surface area (TPSA) is 93.3 Å². The molecule has 1 aromatic carbocycles. The van der Waals surface area contributed by atoms with Gasteiger partial charge in [0, 0.05) is 50.5 Å². The first-order valence-corrected chi connectivity index (χ1v) is 12.0. The molecule has 8 nitrogen and oxygen atoms in total. The fourth-order valence-electron chi connectivity index (χ4n) is 4.53. The van der Waals surface area contributed by atoms with E-state index in [2.05, 4.69) is 68.2 Å². The first kappa shape index (κ1) is 26.1. The van der Waals surface area contributed by atoms with Gasteiger partial charge >= 0.3 is 0 Å². The number of hydrogen-bond acceptors (Lipinski definition) is 7. The second-order valence-corrected chi connectivity index (χ2v) is 8.84. The predicted molar refractivity (Wildman–Crippen MR) is 142 cm³/mol. The van der Waals surface area contributed by atoms with Crippen molar-refractivity contribution in [3.63, 3.8) is 0 Å². The van der Waals surface area contributed by atoms with Gasteiger partial charge in [-0.05, 0) is 31.0 Å². The smallest absolute Gasteiger partial charge is 0.222 e. The molecule has 0 aliphatic carbocycles. The highest BCUT2D eigenvalue weighted by Crippen LogP contribution is 2.29. The standard InChI is InChI=1S/C25H37N7O.ClH/c1-4-5-6-9-28-24-23-21(29-25(26)30-24)14-18(2)32(23)17-20-8-7-19(15-22(20)33-3)16-31-12-10-27-11-13-31;/h7-8,14-15,27H,4-6,9-13,16-17H2,1-3H3,(H3,26,28,29,30);1H. The lowest BCUT2D eigenvalue weighted by molar-refractivity contribution is 0.233. The molecule has 0 unspecified atom stereocenters. The van der Waals surface area contributed by atoms with Crippen molar-refractivity contribution in [3.8, 4) is 5.75 Å². The van der Waals surface area contributed by atoms with Crippen molar-refractivity contribution in [2.45, 2.75) is 46.2 Å². The Labute approximate surface area is 208 Å². The first-order chi connectivity index (χ1) is 16.1. The SMILES string of the molecule is CCCCCNc1nc(N)nc2cc(C)n(Cc3ccc(CN4CCNCC4)cc3OC)c12.Cl. The van der Waals surface area contributed by atoms with Gasteiger partial charge in [-0.15, -0.1) is 12.4 Å².